The molecule has 0 atom stereocenters. The van der Waals surface area contributed by atoms with E-state index in [0.29, 0.717) is 19.4 Å². The van der Waals surface area contributed by atoms with Crippen LogP contribution in [0.4, 0.5) is 4.79 Å². The maximum atomic E-state index is 12.1. The smallest absolute Gasteiger partial charge is 0.408 e. The first-order valence-electron chi connectivity index (χ1n) is 10.7. The molecule has 0 fully saturated rings. The summed E-state index contributed by atoms with van der Waals surface area (Å²) in [6.45, 7) is 5.16. The normalized spacial score (nSPS) is 11.8. The minimum Gasteiger partial charge on any atom is -0.494 e. The third-order valence-corrected chi connectivity index (χ3v) is 4.91. The Balaban J connectivity index is 1.81. The highest BCUT2D eigenvalue weighted by Gasteiger charge is 2.32. The summed E-state index contributed by atoms with van der Waals surface area (Å²) in [5.74, 6) is 0.805. The van der Waals surface area contributed by atoms with Crippen LogP contribution in [0.15, 0.2) is 54.6 Å². The molecule has 6 nitrogen and oxygen atoms in total. The predicted octanol–water partition coefficient (Wildman–Crippen LogP) is 3.88. The van der Waals surface area contributed by atoms with Gasteiger partial charge in [0.25, 0.3) is 0 Å². The van der Waals surface area contributed by atoms with Crippen molar-refractivity contribution in [1.82, 2.24) is 5.32 Å². The SMILES string of the molecule is CC(C)(C)OC(=O)NC(CO)(CO)CCc1ccc(OCCCc2ccccc2)cc1. The molecule has 2 aromatic rings. The maximum absolute atomic E-state index is 12.1. The fourth-order valence-corrected chi connectivity index (χ4v) is 3.12. The van der Waals surface area contributed by atoms with Crippen molar-refractivity contribution in [2.45, 2.75) is 57.6 Å². The summed E-state index contributed by atoms with van der Waals surface area (Å²) >= 11 is 0. The predicted molar refractivity (Wildman–Crippen MR) is 121 cm³/mol. The van der Waals surface area contributed by atoms with Gasteiger partial charge >= 0.3 is 6.09 Å². The second-order valence-corrected chi connectivity index (χ2v) is 8.81. The number of amides is 1. The second kappa shape index (κ2) is 11.7. The summed E-state index contributed by atoms with van der Waals surface area (Å²) in [6.07, 6.45) is 2.21. The van der Waals surface area contributed by atoms with Crippen LogP contribution < -0.4 is 10.1 Å². The van der Waals surface area contributed by atoms with Gasteiger partial charge in [0.1, 0.15) is 11.4 Å². The van der Waals surface area contributed by atoms with Crippen molar-refractivity contribution in [1.29, 1.82) is 0 Å². The van der Waals surface area contributed by atoms with Crippen molar-refractivity contribution in [3.8, 4) is 5.75 Å². The van der Waals surface area contributed by atoms with Gasteiger partial charge in [-0.2, -0.15) is 0 Å². The molecule has 0 bridgehead atoms. The summed E-state index contributed by atoms with van der Waals surface area (Å²) in [7, 11) is 0. The van der Waals surface area contributed by atoms with Crippen LogP contribution in [0, 0.1) is 0 Å². The topological polar surface area (TPSA) is 88.0 Å². The zero-order valence-electron chi connectivity index (χ0n) is 18.8. The van der Waals surface area contributed by atoms with Crippen LogP contribution >= 0.6 is 0 Å². The fourth-order valence-electron chi connectivity index (χ4n) is 3.12. The molecule has 0 spiro atoms. The van der Waals surface area contributed by atoms with Gasteiger partial charge in [-0.1, -0.05) is 42.5 Å². The Kier molecular flexibility index (Phi) is 9.34. The number of hydrogen-bond donors (Lipinski definition) is 3. The summed E-state index contributed by atoms with van der Waals surface area (Å²) in [5.41, 5.74) is 0.527. The molecule has 1 amide bonds. The monoisotopic (exact) mass is 429 g/mol. The van der Waals surface area contributed by atoms with Crippen LogP contribution in [0.25, 0.3) is 0 Å². The highest BCUT2D eigenvalue weighted by Crippen LogP contribution is 2.19. The average molecular weight is 430 g/mol. The zero-order valence-corrected chi connectivity index (χ0v) is 18.8. The first kappa shape index (κ1) is 24.7. The van der Waals surface area contributed by atoms with E-state index in [1.807, 2.05) is 42.5 Å². The lowest BCUT2D eigenvalue weighted by Gasteiger charge is -2.32. The Bertz CT molecular complexity index is 780. The molecule has 0 aromatic heterocycles. The summed E-state index contributed by atoms with van der Waals surface area (Å²) in [6, 6.07) is 18.1. The van der Waals surface area contributed by atoms with Gasteiger partial charge in [-0.3, -0.25) is 0 Å². The number of nitrogens with one attached hydrogen (secondary N) is 1. The molecule has 2 aromatic carbocycles. The van der Waals surface area contributed by atoms with Gasteiger partial charge in [-0.25, -0.2) is 4.79 Å². The number of hydrogen-bond acceptors (Lipinski definition) is 5. The zero-order chi connectivity index (χ0) is 22.7. The number of aryl methyl sites for hydroxylation is 2. The van der Waals surface area contributed by atoms with Gasteiger partial charge in [0.05, 0.1) is 25.4 Å². The molecule has 31 heavy (non-hydrogen) atoms. The number of benzene rings is 2. The van der Waals surface area contributed by atoms with E-state index in [0.717, 1.165) is 24.2 Å². The molecule has 0 unspecified atom stereocenters. The van der Waals surface area contributed by atoms with Gasteiger partial charge in [-0.15, -0.1) is 0 Å². The summed E-state index contributed by atoms with van der Waals surface area (Å²) < 4.78 is 11.1. The minimum absolute atomic E-state index is 0.372. The van der Waals surface area contributed by atoms with E-state index in [-0.39, 0.29) is 13.2 Å². The summed E-state index contributed by atoms with van der Waals surface area (Å²) in [5, 5.41) is 22.2. The Morgan fingerprint density at radius 2 is 1.52 bits per heavy atom. The number of aliphatic hydroxyl groups is 2. The Labute approximate surface area is 185 Å². The molecule has 170 valence electrons. The molecular formula is C25H35NO5. The van der Waals surface area contributed by atoms with Crippen LogP contribution in [0.3, 0.4) is 0 Å². The molecule has 3 N–H and O–H groups in total. The Hall–Kier alpha value is -2.57. The average Bonchev–Trinajstić information content (AvgIpc) is 2.74. The van der Waals surface area contributed by atoms with Crippen molar-refractivity contribution in [3.63, 3.8) is 0 Å². The summed E-state index contributed by atoms with van der Waals surface area (Å²) in [4.78, 5) is 12.1. The van der Waals surface area contributed by atoms with Gasteiger partial charge < -0.3 is 25.0 Å². The van der Waals surface area contributed by atoms with Crippen LogP contribution in [0.5, 0.6) is 5.75 Å². The molecule has 0 aliphatic carbocycles. The lowest BCUT2D eigenvalue weighted by molar-refractivity contribution is 0.0276. The van der Waals surface area contributed by atoms with Gasteiger partial charge in [0, 0.05) is 0 Å². The molecule has 6 heteroatoms. The Morgan fingerprint density at radius 3 is 2.10 bits per heavy atom. The third kappa shape index (κ3) is 8.99. The van der Waals surface area contributed by atoms with Gasteiger partial charge in [-0.05, 0) is 69.7 Å². The van der Waals surface area contributed by atoms with E-state index in [1.165, 1.54) is 5.56 Å². The van der Waals surface area contributed by atoms with Gasteiger partial charge in [0.15, 0.2) is 0 Å². The van der Waals surface area contributed by atoms with Crippen LogP contribution in [0.1, 0.15) is 44.7 Å². The number of aliphatic hydroxyl groups excluding tert-OH is 2. The standard InChI is InChI=1S/C25H35NO5/c1-24(2,3)31-23(29)26-25(18-27,19-28)16-15-21-11-13-22(14-12-21)30-17-7-10-20-8-5-4-6-9-20/h4-6,8-9,11-14,27-28H,7,10,15-19H2,1-3H3,(H,26,29). The molecule has 0 aliphatic heterocycles. The van der Waals surface area contributed by atoms with E-state index < -0.39 is 17.2 Å². The van der Waals surface area contributed by atoms with E-state index in [9.17, 15) is 15.0 Å². The quantitative estimate of drug-likeness (QED) is 0.472. The highest BCUT2D eigenvalue weighted by molar-refractivity contribution is 5.68. The lowest BCUT2D eigenvalue weighted by atomic mass is 9.93. The van der Waals surface area contributed by atoms with Crippen molar-refractivity contribution < 1.29 is 24.5 Å². The third-order valence-electron chi connectivity index (χ3n) is 4.91. The van der Waals surface area contributed by atoms with Crippen LogP contribution in [0.2, 0.25) is 0 Å². The lowest BCUT2D eigenvalue weighted by Crippen LogP contribution is -2.55. The number of rotatable bonds is 11. The molecule has 0 radical (unpaired) electrons. The van der Waals surface area contributed by atoms with E-state index in [2.05, 4.69) is 17.4 Å². The maximum Gasteiger partial charge on any atom is 0.408 e. The first-order valence-corrected chi connectivity index (χ1v) is 10.7. The largest absolute Gasteiger partial charge is 0.494 e. The molecular weight excluding hydrogens is 394 g/mol. The highest BCUT2D eigenvalue weighted by atomic mass is 16.6. The fraction of sp³-hybridized carbons (Fsp3) is 0.480. The Morgan fingerprint density at radius 1 is 0.903 bits per heavy atom. The number of carbonyl (C=O) groups excluding carboxylic acids is 1. The van der Waals surface area contributed by atoms with E-state index in [4.69, 9.17) is 9.47 Å². The number of ether oxygens (including phenoxy) is 2. The second-order valence-electron chi connectivity index (χ2n) is 8.81. The van der Waals surface area contributed by atoms with Crippen molar-refractivity contribution in [2.75, 3.05) is 19.8 Å². The van der Waals surface area contributed by atoms with Crippen LogP contribution in [-0.2, 0) is 17.6 Å². The number of carbonyl (C=O) groups is 1. The van der Waals surface area contributed by atoms with E-state index >= 15 is 0 Å². The molecule has 0 heterocycles. The van der Waals surface area contributed by atoms with Crippen LogP contribution in [-0.4, -0.2) is 47.3 Å². The first-order chi connectivity index (χ1) is 14.8. The van der Waals surface area contributed by atoms with Crippen molar-refractivity contribution in [3.05, 3.63) is 65.7 Å². The van der Waals surface area contributed by atoms with E-state index in [1.54, 1.807) is 20.8 Å². The molecule has 0 saturated carbocycles. The van der Waals surface area contributed by atoms with Crippen molar-refractivity contribution in [2.24, 2.45) is 0 Å². The minimum atomic E-state index is -1.14. The molecule has 0 aliphatic rings. The van der Waals surface area contributed by atoms with Crippen molar-refractivity contribution >= 4 is 6.09 Å². The molecule has 0 saturated heterocycles. The number of alkyl carbamates (subject to hydrolysis) is 1. The van der Waals surface area contributed by atoms with Gasteiger partial charge in [0.2, 0.25) is 0 Å². The molecule has 2 rings (SSSR count).